The van der Waals surface area contributed by atoms with Crippen molar-refractivity contribution in [2.75, 3.05) is 26.7 Å². The monoisotopic (exact) mass is 311 g/mol. The summed E-state index contributed by atoms with van der Waals surface area (Å²) < 4.78 is 5.74. The number of halogens is 1. The lowest BCUT2D eigenvalue weighted by Gasteiger charge is -2.16. The van der Waals surface area contributed by atoms with Gasteiger partial charge in [-0.1, -0.05) is 25.4 Å². The van der Waals surface area contributed by atoms with Crippen LogP contribution in [-0.4, -0.2) is 42.7 Å². The van der Waals surface area contributed by atoms with E-state index in [1.54, 1.807) is 6.20 Å². The molecule has 0 aromatic carbocycles. The minimum absolute atomic E-state index is 0.624. The first-order chi connectivity index (χ1) is 10.1. The Labute approximate surface area is 132 Å². The number of nitrogens with one attached hydrogen (secondary N) is 1. The van der Waals surface area contributed by atoms with Crippen LogP contribution in [0.15, 0.2) is 12.3 Å². The summed E-state index contributed by atoms with van der Waals surface area (Å²) in [5.74, 6) is 1.28. The molecule has 5 heteroatoms. The van der Waals surface area contributed by atoms with Crippen molar-refractivity contribution >= 4 is 11.6 Å². The molecule has 0 bridgehead atoms. The smallest absolute Gasteiger partial charge is 0.213 e. The number of aromatic nitrogens is 1. The van der Waals surface area contributed by atoms with Crippen molar-refractivity contribution in [1.29, 1.82) is 0 Å². The van der Waals surface area contributed by atoms with Gasteiger partial charge in [0.05, 0.1) is 5.02 Å². The van der Waals surface area contributed by atoms with E-state index in [2.05, 4.69) is 36.1 Å². The molecule has 0 unspecified atom stereocenters. The average Bonchev–Trinajstić information content (AvgIpc) is 3.26. The van der Waals surface area contributed by atoms with Crippen LogP contribution >= 0.6 is 11.6 Å². The summed E-state index contributed by atoms with van der Waals surface area (Å²) in [4.78, 5) is 6.59. The first kappa shape index (κ1) is 16.5. The van der Waals surface area contributed by atoms with Crippen molar-refractivity contribution in [2.45, 2.75) is 39.3 Å². The lowest BCUT2D eigenvalue weighted by atomic mass is 10.2. The van der Waals surface area contributed by atoms with Gasteiger partial charge >= 0.3 is 0 Å². The van der Waals surface area contributed by atoms with Crippen molar-refractivity contribution in [3.8, 4) is 5.88 Å². The highest BCUT2D eigenvalue weighted by Crippen LogP contribution is 2.25. The molecule has 0 aliphatic heterocycles. The first-order valence-electron chi connectivity index (χ1n) is 7.74. The van der Waals surface area contributed by atoms with Crippen molar-refractivity contribution in [3.05, 3.63) is 22.8 Å². The summed E-state index contributed by atoms with van der Waals surface area (Å²) in [5.41, 5.74) is 1.04. The van der Waals surface area contributed by atoms with E-state index in [9.17, 15) is 0 Å². The Balaban J connectivity index is 1.79. The van der Waals surface area contributed by atoms with Crippen LogP contribution in [-0.2, 0) is 6.54 Å². The largest absolute Gasteiger partial charge is 0.476 e. The van der Waals surface area contributed by atoms with Crippen molar-refractivity contribution in [1.82, 2.24) is 15.2 Å². The Morgan fingerprint density at radius 2 is 2.24 bits per heavy atom. The number of rotatable bonds is 9. The number of pyridine rings is 1. The maximum absolute atomic E-state index is 6.18. The highest BCUT2D eigenvalue weighted by molar-refractivity contribution is 6.31. The lowest BCUT2D eigenvalue weighted by molar-refractivity contribution is 0.226. The number of nitrogens with zero attached hydrogens (tertiary/aromatic N) is 2. The Bertz CT molecular complexity index is 449. The van der Waals surface area contributed by atoms with Gasteiger partial charge < -0.3 is 15.0 Å². The van der Waals surface area contributed by atoms with Gasteiger partial charge in [-0.25, -0.2) is 4.98 Å². The summed E-state index contributed by atoms with van der Waals surface area (Å²) in [6, 6.07) is 2.70. The van der Waals surface area contributed by atoms with Gasteiger partial charge in [0.1, 0.15) is 6.61 Å². The minimum atomic E-state index is 0.624. The zero-order valence-electron chi connectivity index (χ0n) is 13.2. The molecule has 0 spiro atoms. The molecular weight excluding hydrogens is 286 g/mol. The second-order valence-electron chi connectivity index (χ2n) is 6.20. The summed E-state index contributed by atoms with van der Waals surface area (Å²) in [7, 11) is 2.15. The van der Waals surface area contributed by atoms with Gasteiger partial charge in [-0.15, -0.1) is 0 Å². The zero-order valence-corrected chi connectivity index (χ0v) is 14.0. The molecule has 1 aliphatic rings. The first-order valence-corrected chi connectivity index (χ1v) is 8.12. The quantitative estimate of drug-likeness (QED) is 0.761. The number of hydrogen-bond donors (Lipinski definition) is 1. The third-order valence-electron chi connectivity index (χ3n) is 3.64. The van der Waals surface area contributed by atoms with Gasteiger partial charge in [0.2, 0.25) is 5.88 Å². The van der Waals surface area contributed by atoms with Crippen LogP contribution in [0.2, 0.25) is 5.02 Å². The van der Waals surface area contributed by atoms with Gasteiger partial charge in [-0.05, 0) is 37.9 Å². The molecule has 0 amide bonds. The van der Waals surface area contributed by atoms with Crippen LogP contribution in [0.5, 0.6) is 5.88 Å². The van der Waals surface area contributed by atoms with E-state index in [-0.39, 0.29) is 0 Å². The Morgan fingerprint density at radius 1 is 1.48 bits per heavy atom. The van der Waals surface area contributed by atoms with Gasteiger partial charge in [0.15, 0.2) is 0 Å². The maximum atomic E-state index is 6.18. The van der Waals surface area contributed by atoms with Crippen molar-refractivity contribution in [3.63, 3.8) is 0 Å². The zero-order chi connectivity index (χ0) is 15.2. The van der Waals surface area contributed by atoms with E-state index in [4.69, 9.17) is 16.3 Å². The molecule has 21 heavy (non-hydrogen) atoms. The molecule has 1 aliphatic carbocycles. The molecule has 4 nitrogen and oxygen atoms in total. The van der Waals surface area contributed by atoms with Gasteiger partial charge in [0.25, 0.3) is 0 Å². The van der Waals surface area contributed by atoms with Crippen LogP contribution in [0, 0.1) is 5.92 Å². The van der Waals surface area contributed by atoms with E-state index in [0.29, 0.717) is 23.4 Å². The van der Waals surface area contributed by atoms with Crippen LogP contribution < -0.4 is 10.1 Å². The Morgan fingerprint density at radius 3 is 2.90 bits per heavy atom. The van der Waals surface area contributed by atoms with Gasteiger partial charge in [-0.2, -0.15) is 0 Å². The van der Waals surface area contributed by atoms with Crippen LogP contribution in [0.3, 0.4) is 0 Å². The number of likely N-dealkylation sites (N-methyl/N-ethyl adjacent to an activating group) is 1. The Hall–Kier alpha value is -0.840. The van der Waals surface area contributed by atoms with Crippen LogP contribution in [0.1, 0.15) is 32.3 Å². The molecule has 1 aromatic heterocycles. The SMILES string of the molecule is CC(C)CNCc1cc(OCCN(C)C2CC2)ncc1Cl. The summed E-state index contributed by atoms with van der Waals surface area (Å²) in [6.07, 6.45) is 4.32. The lowest BCUT2D eigenvalue weighted by Crippen LogP contribution is -2.26. The summed E-state index contributed by atoms with van der Waals surface area (Å²) in [6.45, 7) is 7.70. The number of hydrogen-bond acceptors (Lipinski definition) is 4. The second kappa shape index (κ2) is 7.97. The maximum Gasteiger partial charge on any atom is 0.213 e. The normalized spacial score (nSPS) is 15.0. The fraction of sp³-hybridized carbons (Fsp3) is 0.688. The Kier molecular flexibility index (Phi) is 6.27. The fourth-order valence-corrected chi connectivity index (χ4v) is 2.33. The predicted molar refractivity (Wildman–Crippen MR) is 86.9 cm³/mol. The topological polar surface area (TPSA) is 37.4 Å². The molecule has 1 aromatic rings. The molecule has 0 atom stereocenters. The molecular formula is C16H26ClN3O. The molecule has 0 saturated heterocycles. The summed E-state index contributed by atoms with van der Waals surface area (Å²) >= 11 is 6.18. The molecule has 1 heterocycles. The molecule has 0 radical (unpaired) electrons. The van der Waals surface area contributed by atoms with Gasteiger partial charge in [-0.3, -0.25) is 0 Å². The average molecular weight is 312 g/mol. The second-order valence-corrected chi connectivity index (χ2v) is 6.61. The fourth-order valence-electron chi connectivity index (χ4n) is 2.16. The molecule has 1 N–H and O–H groups in total. The predicted octanol–water partition coefficient (Wildman–Crippen LogP) is 2.95. The van der Waals surface area contributed by atoms with E-state index in [0.717, 1.165) is 31.2 Å². The molecule has 118 valence electrons. The number of ether oxygens (including phenoxy) is 1. The van der Waals surface area contributed by atoms with Gasteiger partial charge in [0, 0.05) is 31.4 Å². The molecule has 2 rings (SSSR count). The third kappa shape index (κ3) is 5.81. The van der Waals surface area contributed by atoms with Crippen LogP contribution in [0.4, 0.5) is 0 Å². The van der Waals surface area contributed by atoms with E-state index in [1.807, 2.05) is 6.07 Å². The minimum Gasteiger partial charge on any atom is -0.476 e. The molecule has 1 fully saturated rings. The van der Waals surface area contributed by atoms with Crippen LogP contribution in [0.25, 0.3) is 0 Å². The highest BCUT2D eigenvalue weighted by atomic mass is 35.5. The third-order valence-corrected chi connectivity index (χ3v) is 3.98. The highest BCUT2D eigenvalue weighted by Gasteiger charge is 2.25. The van der Waals surface area contributed by atoms with E-state index < -0.39 is 0 Å². The van der Waals surface area contributed by atoms with E-state index >= 15 is 0 Å². The van der Waals surface area contributed by atoms with Crippen molar-refractivity contribution in [2.24, 2.45) is 5.92 Å². The van der Waals surface area contributed by atoms with E-state index in [1.165, 1.54) is 12.8 Å². The molecule has 1 saturated carbocycles. The standard InChI is InChI=1S/C16H26ClN3O/c1-12(2)9-18-10-13-8-16(19-11-15(13)17)21-7-6-20(3)14-4-5-14/h8,11-12,14,18H,4-7,9-10H2,1-3H3. The summed E-state index contributed by atoms with van der Waals surface area (Å²) in [5, 5.41) is 4.08. The van der Waals surface area contributed by atoms with Crippen molar-refractivity contribution < 1.29 is 4.74 Å².